The van der Waals surface area contributed by atoms with E-state index in [2.05, 4.69) is 181 Å². The molecule has 3 aliphatic carbocycles. The van der Waals surface area contributed by atoms with Crippen LogP contribution < -0.4 is 0 Å². The molecule has 0 bridgehead atoms. The molecule has 0 saturated heterocycles. The highest BCUT2D eigenvalue weighted by molar-refractivity contribution is 6.20. The van der Waals surface area contributed by atoms with Crippen molar-refractivity contribution in [1.29, 1.82) is 0 Å². The highest BCUT2D eigenvalue weighted by Gasteiger charge is 2.24. The van der Waals surface area contributed by atoms with Crippen LogP contribution in [0.15, 0.2) is 164 Å². The Kier molecular flexibility index (Phi) is 7.62. The minimum atomic E-state index is 0.175. The minimum absolute atomic E-state index is 0.175. The molecule has 2 nitrogen and oxygen atoms in total. The van der Waals surface area contributed by atoms with Crippen LogP contribution in [0.5, 0.6) is 0 Å². The predicted molar refractivity (Wildman–Crippen MR) is 232 cm³/mol. The van der Waals surface area contributed by atoms with E-state index in [0.717, 1.165) is 54.6 Å². The van der Waals surface area contributed by atoms with Gasteiger partial charge in [0.25, 0.3) is 0 Å². The van der Waals surface area contributed by atoms with Crippen molar-refractivity contribution < 1.29 is 0 Å². The van der Waals surface area contributed by atoms with Crippen molar-refractivity contribution >= 4 is 55.9 Å². The summed E-state index contributed by atoms with van der Waals surface area (Å²) >= 11 is 0. The van der Waals surface area contributed by atoms with Crippen LogP contribution in [0.25, 0.3) is 72.7 Å². The molecule has 1 unspecified atom stereocenters. The van der Waals surface area contributed by atoms with Crippen molar-refractivity contribution in [2.24, 2.45) is 0 Å². The van der Waals surface area contributed by atoms with E-state index in [9.17, 15) is 0 Å². The molecule has 1 atom stereocenters. The van der Waals surface area contributed by atoms with Crippen molar-refractivity contribution in [1.82, 2.24) is 9.55 Å². The fraction of sp³-hybridized carbons (Fsp3) is 0.113. The summed E-state index contributed by atoms with van der Waals surface area (Å²) in [6.45, 7) is 0. The maximum absolute atomic E-state index is 5.20. The van der Waals surface area contributed by atoms with Crippen LogP contribution >= 0.6 is 0 Å². The van der Waals surface area contributed by atoms with Crippen LogP contribution in [0.4, 0.5) is 0 Å². The molecule has 0 saturated carbocycles. The third-order valence-corrected chi connectivity index (χ3v) is 12.1. The van der Waals surface area contributed by atoms with E-state index < -0.39 is 0 Å². The summed E-state index contributed by atoms with van der Waals surface area (Å²) in [6.07, 6.45) is 19.3. The van der Waals surface area contributed by atoms with Gasteiger partial charge in [0.15, 0.2) is 0 Å². The van der Waals surface area contributed by atoms with Gasteiger partial charge in [0, 0.05) is 11.6 Å². The Labute approximate surface area is 322 Å². The Balaban J connectivity index is 1.07. The van der Waals surface area contributed by atoms with E-state index in [-0.39, 0.29) is 5.92 Å². The van der Waals surface area contributed by atoms with Gasteiger partial charge in [-0.1, -0.05) is 146 Å². The van der Waals surface area contributed by atoms with Crippen molar-refractivity contribution in [3.8, 4) is 16.8 Å². The first kappa shape index (κ1) is 32.0. The van der Waals surface area contributed by atoms with Gasteiger partial charge in [0.1, 0.15) is 5.82 Å². The molecule has 8 aromatic rings. The molecular weight excluding hydrogens is 665 g/mol. The maximum atomic E-state index is 5.20. The summed E-state index contributed by atoms with van der Waals surface area (Å²) < 4.78 is 2.34. The third kappa shape index (κ3) is 5.43. The molecule has 262 valence electrons. The number of para-hydroxylation sites is 3. The second kappa shape index (κ2) is 13.1. The van der Waals surface area contributed by atoms with Crippen LogP contribution in [0.2, 0.25) is 0 Å². The summed E-state index contributed by atoms with van der Waals surface area (Å²) in [4.78, 5) is 5.20. The Morgan fingerprint density at radius 3 is 2.24 bits per heavy atom. The summed E-state index contributed by atoms with van der Waals surface area (Å²) in [5, 5.41) is 5.30. The summed E-state index contributed by atoms with van der Waals surface area (Å²) in [7, 11) is 0. The van der Waals surface area contributed by atoms with E-state index in [1.54, 1.807) is 0 Å². The number of hydrogen-bond acceptors (Lipinski definition) is 1. The fourth-order valence-corrected chi connectivity index (χ4v) is 9.40. The number of allylic oxidation sites excluding steroid dienone is 6. The summed E-state index contributed by atoms with van der Waals surface area (Å²) in [6, 6.07) is 51.5. The second-order valence-electron chi connectivity index (χ2n) is 15.3. The van der Waals surface area contributed by atoms with E-state index in [4.69, 9.17) is 4.98 Å². The Morgan fingerprint density at radius 1 is 0.564 bits per heavy atom. The SMILES string of the molecule is C1=Cc2ccc(-c3c4ccccc4c(C4=Cc5ccccc5CC4)c4cc(C5=CCC(c6nc7ccccc7n6-c6ccccc6)C=C5)ccc34)cc2CC1. The Bertz CT molecular complexity index is 2950. The van der Waals surface area contributed by atoms with Crippen LogP contribution in [-0.2, 0) is 12.8 Å². The van der Waals surface area contributed by atoms with Gasteiger partial charge in [-0.2, -0.15) is 0 Å². The molecule has 1 aromatic heterocycles. The molecule has 0 N–H and O–H groups in total. The predicted octanol–water partition coefficient (Wildman–Crippen LogP) is 13.6. The molecular formula is C53H40N2. The van der Waals surface area contributed by atoms with Crippen LogP contribution in [-0.4, -0.2) is 9.55 Å². The summed E-state index contributed by atoms with van der Waals surface area (Å²) in [5.74, 6) is 1.26. The highest BCUT2D eigenvalue weighted by atomic mass is 15.1. The van der Waals surface area contributed by atoms with Gasteiger partial charge in [-0.15, -0.1) is 0 Å². The van der Waals surface area contributed by atoms with Gasteiger partial charge < -0.3 is 0 Å². The molecule has 0 fully saturated rings. The van der Waals surface area contributed by atoms with Gasteiger partial charge >= 0.3 is 0 Å². The van der Waals surface area contributed by atoms with Crippen molar-refractivity contribution in [2.45, 2.75) is 38.0 Å². The van der Waals surface area contributed by atoms with Crippen LogP contribution in [0.3, 0.4) is 0 Å². The van der Waals surface area contributed by atoms with Gasteiger partial charge in [0.2, 0.25) is 0 Å². The molecule has 0 spiro atoms. The third-order valence-electron chi connectivity index (χ3n) is 12.1. The number of benzene rings is 7. The van der Waals surface area contributed by atoms with E-state index in [0.29, 0.717) is 0 Å². The lowest BCUT2D eigenvalue weighted by atomic mass is 9.80. The highest BCUT2D eigenvalue weighted by Crippen LogP contribution is 2.46. The molecule has 3 aliphatic rings. The zero-order valence-corrected chi connectivity index (χ0v) is 30.8. The van der Waals surface area contributed by atoms with Crippen molar-refractivity contribution in [2.75, 3.05) is 0 Å². The molecule has 0 aliphatic heterocycles. The van der Waals surface area contributed by atoms with Crippen molar-refractivity contribution in [3.63, 3.8) is 0 Å². The smallest absolute Gasteiger partial charge is 0.121 e. The monoisotopic (exact) mass is 704 g/mol. The quantitative estimate of drug-likeness (QED) is 0.163. The van der Waals surface area contributed by atoms with Gasteiger partial charge in [-0.05, 0) is 140 Å². The fourth-order valence-electron chi connectivity index (χ4n) is 9.40. The molecule has 11 rings (SSSR count). The molecule has 1 heterocycles. The number of aryl methyl sites for hydroxylation is 2. The molecule has 0 radical (unpaired) electrons. The normalized spacial score (nSPS) is 16.3. The molecule has 2 heteroatoms. The number of imidazole rings is 1. The Morgan fingerprint density at radius 2 is 1.35 bits per heavy atom. The number of aromatic nitrogens is 2. The average Bonchev–Trinajstić information content (AvgIpc) is 3.65. The zero-order chi connectivity index (χ0) is 36.3. The minimum Gasteiger partial charge on any atom is -0.296 e. The van der Waals surface area contributed by atoms with Crippen LogP contribution in [0.1, 0.15) is 64.4 Å². The average molecular weight is 705 g/mol. The number of fused-ring (bicyclic) bond motifs is 5. The number of nitrogens with zero attached hydrogens (tertiary/aromatic N) is 2. The maximum Gasteiger partial charge on any atom is 0.121 e. The molecule has 0 amide bonds. The lowest BCUT2D eigenvalue weighted by Gasteiger charge is -2.24. The first-order valence-electron chi connectivity index (χ1n) is 19.8. The lowest BCUT2D eigenvalue weighted by molar-refractivity contribution is 0.760. The van der Waals surface area contributed by atoms with Gasteiger partial charge in [-0.25, -0.2) is 4.98 Å². The van der Waals surface area contributed by atoms with Crippen molar-refractivity contribution in [3.05, 3.63) is 203 Å². The second-order valence-corrected chi connectivity index (χ2v) is 15.3. The number of hydrogen-bond donors (Lipinski definition) is 0. The van der Waals surface area contributed by atoms with E-state index in [1.807, 2.05) is 0 Å². The van der Waals surface area contributed by atoms with Crippen LogP contribution in [0, 0.1) is 0 Å². The topological polar surface area (TPSA) is 17.8 Å². The van der Waals surface area contributed by atoms with Gasteiger partial charge in [0.05, 0.1) is 11.0 Å². The first-order chi connectivity index (χ1) is 27.3. The largest absolute Gasteiger partial charge is 0.296 e. The van der Waals surface area contributed by atoms with Gasteiger partial charge in [-0.3, -0.25) is 4.57 Å². The number of rotatable bonds is 5. The molecule has 7 aromatic carbocycles. The van der Waals surface area contributed by atoms with E-state index >= 15 is 0 Å². The summed E-state index contributed by atoms with van der Waals surface area (Å²) in [5.41, 5.74) is 16.9. The Hall–Kier alpha value is -6.51. The van der Waals surface area contributed by atoms with E-state index in [1.165, 1.54) is 77.2 Å². The zero-order valence-electron chi connectivity index (χ0n) is 30.8. The standard InChI is InChI=1S/C53H40N2/c1-2-16-44(17-3-1)55-50-21-11-10-20-49(50)54-53(55)38-26-22-37(23-27-38)41-30-31-47-48(34-41)52(43-29-25-36-13-5-7-15-40(36)33-43)46-19-9-8-18-45(46)51(47)42-28-24-35-12-4-6-14-39(35)32-42/h1-5,7-13,15-24,26,28,30-34,38H,6,14,25,27,29H2. The first-order valence-corrected chi connectivity index (χ1v) is 19.8. The lowest BCUT2D eigenvalue weighted by Crippen LogP contribution is -2.07. The molecule has 55 heavy (non-hydrogen) atoms.